The topological polar surface area (TPSA) is 44.8 Å². The Morgan fingerprint density at radius 2 is 1.90 bits per heavy atom. The molecule has 162 valence electrons. The van der Waals surface area contributed by atoms with Crippen molar-refractivity contribution in [2.45, 2.75) is 51.0 Å². The Morgan fingerprint density at radius 3 is 2.55 bits per heavy atom. The number of likely N-dealkylation sites (tertiary alicyclic amines) is 1. The number of carbonyl (C=O) groups is 1. The molecule has 1 aliphatic carbocycles. The normalized spacial score (nSPS) is 19.4. The number of hydrogen-bond acceptors (Lipinski definition) is 4. The minimum atomic E-state index is -0.101. The SMILES string of the molecule is CN(C)CCNC(=O)c1ccc(OC2CCN(CC3CCCCC3)CC2)c(Cl)c1. The molecule has 0 unspecified atom stereocenters. The monoisotopic (exact) mass is 421 g/mol. The molecule has 0 bridgehead atoms. The molecule has 1 heterocycles. The van der Waals surface area contributed by atoms with Gasteiger partial charge in [-0.25, -0.2) is 0 Å². The summed E-state index contributed by atoms with van der Waals surface area (Å²) in [5.41, 5.74) is 0.573. The molecule has 2 aliphatic rings. The van der Waals surface area contributed by atoms with Crippen molar-refractivity contribution in [3.8, 4) is 5.75 Å². The minimum absolute atomic E-state index is 0.101. The summed E-state index contributed by atoms with van der Waals surface area (Å²) >= 11 is 6.41. The number of carbonyl (C=O) groups excluding carboxylic acids is 1. The van der Waals surface area contributed by atoms with Gasteiger partial charge in [0.25, 0.3) is 5.91 Å². The van der Waals surface area contributed by atoms with Gasteiger partial charge >= 0.3 is 0 Å². The molecule has 2 fully saturated rings. The Bertz CT molecular complexity index is 654. The maximum Gasteiger partial charge on any atom is 0.251 e. The lowest BCUT2D eigenvalue weighted by Gasteiger charge is -2.35. The summed E-state index contributed by atoms with van der Waals surface area (Å²) in [6, 6.07) is 5.34. The van der Waals surface area contributed by atoms with Gasteiger partial charge in [0.2, 0.25) is 0 Å². The second-order valence-electron chi connectivity index (χ2n) is 8.83. The standard InChI is InChI=1S/C23H36ClN3O2/c1-26(2)15-12-25-23(28)19-8-9-22(21(24)16-19)29-20-10-13-27(14-11-20)17-18-6-4-3-5-7-18/h8-9,16,18,20H,3-7,10-15,17H2,1-2H3,(H,25,28). The van der Waals surface area contributed by atoms with Crippen molar-refractivity contribution in [1.82, 2.24) is 15.1 Å². The third-order valence-electron chi connectivity index (χ3n) is 6.11. The maximum absolute atomic E-state index is 12.2. The Hall–Kier alpha value is -1.30. The summed E-state index contributed by atoms with van der Waals surface area (Å²) in [5, 5.41) is 3.42. The van der Waals surface area contributed by atoms with Gasteiger partial charge in [-0.3, -0.25) is 4.79 Å². The van der Waals surface area contributed by atoms with E-state index in [0.717, 1.165) is 38.4 Å². The average Bonchev–Trinajstić information content (AvgIpc) is 2.71. The number of nitrogens with one attached hydrogen (secondary N) is 1. The molecule has 0 aromatic heterocycles. The zero-order chi connectivity index (χ0) is 20.6. The van der Waals surface area contributed by atoms with E-state index in [1.807, 2.05) is 25.1 Å². The van der Waals surface area contributed by atoms with Gasteiger partial charge in [-0.05, 0) is 63.9 Å². The largest absolute Gasteiger partial charge is 0.489 e. The molecular formula is C23H36ClN3O2. The van der Waals surface area contributed by atoms with Crippen LogP contribution in [-0.4, -0.2) is 68.6 Å². The number of amides is 1. The van der Waals surface area contributed by atoms with Crippen molar-refractivity contribution in [3.63, 3.8) is 0 Å². The van der Waals surface area contributed by atoms with E-state index in [-0.39, 0.29) is 12.0 Å². The Balaban J connectivity index is 1.44. The number of nitrogens with zero attached hydrogens (tertiary/aromatic N) is 2. The van der Waals surface area contributed by atoms with E-state index < -0.39 is 0 Å². The first-order valence-corrected chi connectivity index (χ1v) is 11.5. The summed E-state index contributed by atoms with van der Waals surface area (Å²) < 4.78 is 6.17. The Kier molecular flexibility index (Phi) is 8.64. The fourth-order valence-electron chi connectivity index (χ4n) is 4.36. The summed E-state index contributed by atoms with van der Waals surface area (Å²) in [4.78, 5) is 16.9. The number of rotatable bonds is 8. The van der Waals surface area contributed by atoms with Gasteiger partial charge in [-0.1, -0.05) is 30.9 Å². The molecule has 0 radical (unpaired) electrons. The van der Waals surface area contributed by atoms with E-state index in [9.17, 15) is 4.79 Å². The molecule has 29 heavy (non-hydrogen) atoms. The third-order valence-corrected chi connectivity index (χ3v) is 6.40. The van der Waals surface area contributed by atoms with Crippen molar-refractivity contribution in [2.75, 3.05) is 46.8 Å². The van der Waals surface area contributed by atoms with E-state index in [4.69, 9.17) is 16.3 Å². The lowest BCUT2D eigenvalue weighted by atomic mass is 9.88. The van der Waals surface area contributed by atoms with Crippen LogP contribution in [-0.2, 0) is 0 Å². The molecule has 1 aromatic carbocycles. The molecule has 0 atom stereocenters. The van der Waals surface area contributed by atoms with Crippen LogP contribution in [0.1, 0.15) is 55.3 Å². The number of halogens is 1. The lowest BCUT2D eigenvalue weighted by Crippen LogP contribution is -2.41. The first-order chi connectivity index (χ1) is 14.0. The van der Waals surface area contributed by atoms with Crippen molar-refractivity contribution >= 4 is 17.5 Å². The first kappa shape index (κ1) is 22.4. The predicted molar refractivity (Wildman–Crippen MR) is 119 cm³/mol. The van der Waals surface area contributed by atoms with Crippen LogP contribution in [0.15, 0.2) is 18.2 Å². The highest BCUT2D eigenvalue weighted by molar-refractivity contribution is 6.32. The van der Waals surface area contributed by atoms with E-state index in [1.165, 1.54) is 38.6 Å². The number of hydrogen-bond donors (Lipinski definition) is 1. The van der Waals surface area contributed by atoms with Crippen LogP contribution in [0, 0.1) is 5.92 Å². The van der Waals surface area contributed by atoms with Crippen molar-refractivity contribution < 1.29 is 9.53 Å². The van der Waals surface area contributed by atoms with Gasteiger partial charge in [0.1, 0.15) is 11.9 Å². The lowest BCUT2D eigenvalue weighted by molar-refractivity contribution is 0.0863. The van der Waals surface area contributed by atoms with Gasteiger partial charge in [0, 0.05) is 38.3 Å². The number of piperidine rings is 1. The number of likely N-dealkylation sites (N-methyl/N-ethyl adjacent to an activating group) is 1. The summed E-state index contributed by atoms with van der Waals surface area (Å²) in [7, 11) is 3.96. The highest BCUT2D eigenvalue weighted by Crippen LogP contribution is 2.29. The van der Waals surface area contributed by atoms with Gasteiger partial charge in [-0.15, -0.1) is 0 Å². The fourth-order valence-corrected chi connectivity index (χ4v) is 4.58. The van der Waals surface area contributed by atoms with Gasteiger partial charge in [0.15, 0.2) is 0 Å². The van der Waals surface area contributed by atoms with Crippen molar-refractivity contribution in [1.29, 1.82) is 0 Å². The smallest absolute Gasteiger partial charge is 0.251 e. The zero-order valence-corrected chi connectivity index (χ0v) is 18.7. The maximum atomic E-state index is 12.2. The molecule has 0 spiro atoms. The second kappa shape index (κ2) is 11.2. The van der Waals surface area contributed by atoms with Crippen LogP contribution < -0.4 is 10.1 Å². The molecule has 3 rings (SSSR count). The Morgan fingerprint density at radius 1 is 1.17 bits per heavy atom. The van der Waals surface area contributed by atoms with E-state index in [0.29, 0.717) is 22.9 Å². The molecule has 1 aliphatic heterocycles. The summed E-state index contributed by atoms with van der Waals surface area (Å²) in [6.45, 7) is 4.88. The van der Waals surface area contributed by atoms with Crippen molar-refractivity contribution in [2.24, 2.45) is 5.92 Å². The fraction of sp³-hybridized carbons (Fsp3) is 0.696. The van der Waals surface area contributed by atoms with Crippen molar-refractivity contribution in [3.05, 3.63) is 28.8 Å². The van der Waals surface area contributed by atoms with Crippen LogP contribution in [0.25, 0.3) is 0 Å². The highest BCUT2D eigenvalue weighted by Gasteiger charge is 2.24. The zero-order valence-electron chi connectivity index (χ0n) is 18.0. The third kappa shape index (κ3) is 7.16. The quantitative estimate of drug-likeness (QED) is 0.687. The van der Waals surface area contributed by atoms with E-state index >= 15 is 0 Å². The van der Waals surface area contributed by atoms with Crippen LogP contribution >= 0.6 is 11.6 Å². The van der Waals surface area contributed by atoms with Crippen LogP contribution in [0.2, 0.25) is 5.02 Å². The molecule has 6 heteroatoms. The molecule has 5 nitrogen and oxygen atoms in total. The molecule has 1 aromatic rings. The van der Waals surface area contributed by atoms with Gasteiger partial charge in [0.05, 0.1) is 5.02 Å². The average molecular weight is 422 g/mol. The molecule has 1 saturated carbocycles. The first-order valence-electron chi connectivity index (χ1n) is 11.1. The molecule has 1 amide bonds. The summed E-state index contributed by atoms with van der Waals surface area (Å²) in [5.74, 6) is 1.48. The van der Waals surface area contributed by atoms with Crippen LogP contribution in [0.5, 0.6) is 5.75 Å². The van der Waals surface area contributed by atoms with E-state index in [1.54, 1.807) is 12.1 Å². The van der Waals surface area contributed by atoms with Crippen LogP contribution in [0.4, 0.5) is 0 Å². The van der Waals surface area contributed by atoms with Crippen LogP contribution in [0.3, 0.4) is 0 Å². The molecular weight excluding hydrogens is 386 g/mol. The molecule has 1 saturated heterocycles. The predicted octanol–water partition coefficient (Wildman–Crippen LogP) is 4.05. The minimum Gasteiger partial charge on any atom is -0.489 e. The second-order valence-corrected chi connectivity index (χ2v) is 9.23. The van der Waals surface area contributed by atoms with Gasteiger partial charge < -0.3 is 19.9 Å². The Labute approximate surface area is 180 Å². The van der Waals surface area contributed by atoms with E-state index in [2.05, 4.69) is 10.2 Å². The highest BCUT2D eigenvalue weighted by atomic mass is 35.5. The molecule has 1 N–H and O–H groups in total. The number of ether oxygens (including phenoxy) is 1. The summed E-state index contributed by atoms with van der Waals surface area (Å²) in [6.07, 6.45) is 9.33. The van der Waals surface area contributed by atoms with Gasteiger partial charge in [-0.2, -0.15) is 0 Å². The number of benzene rings is 1.